The Bertz CT molecular complexity index is 1090. The van der Waals surface area contributed by atoms with Crippen LogP contribution in [0.2, 0.25) is 0 Å². The molecule has 1 heterocycles. The number of ether oxygens (including phenoxy) is 2. The Kier molecular flexibility index (Phi) is 6.85. The predicted molar refractivity (Wildman–Crippen MR) is 123 cm³/mol. The summed E-state index contributed by atoms with van der Waals surface area (Å²) in [5.74, 6) is 2.09. The average Bonchev–Trinajstić information content (AvgIpc) is 3.27. The van der Waals surface area contributed by atoms with Crippen LogP contribution < -0.4 is 9.47 Å². The van der Waals surface area contributed by atoms with Crippen LogP contribution in [0, 0.1) is 13.8 Å². The summed E-state index contributed by atoms with van der Waals surface area (Å²) in [6.07, 6.45) is 3.57. The lowest BCUT2D eigenvalue weighted by Gasteiger charge is -2.15. The van der Waals surface area contributed by atoms with Crippen molar-refractivity contribution in [2.45, 2.75) is 27.4 Å². The highest BCUT2D eigenvalue weighted by atomic mass is 16.5. The van der Waals surface area contributed by atoms with Gasteiger partial charge in [0.15, 0.2) is 11.5 Å². The van der Waals surface area contributed by atoms with Crippen molar-refractivity contribution < 1.29 is 18.7 Å². The summed E-state index contributed by atoms with van der Waals surface area (Å²) < 4.78 is 16.7. The van der Waals surface area contributed by atoms with Crippen LogP contribution in [0.3, 0.4) is 0 Å². The molecule has 0 aliphatic heterocycles. The summed E-state index contributed by atoms with van der Waals surface area (Å²) >= 11 is 0. The number of methoxy groups -OCH3 is 1. The molecule has 0 atom stereocenters. The molecule has 5 nitrogen and oxygen atoms in total. The molecule has 0 fully saturated rings. The number of carbonyl (C=O) groups is 1. The Morgan fingerprint density at radius 1 is 1.06 bits per heavy atom. The number of nitrogens with zero attached hydrogens (tertiary/aromatic N) is 1. The maximum atomic E-state index is 12.2. The summed E-state index contributed by atoms with van der Waals surface area (Å²) in [5, 5.41) is 0. The summed E-state index contributed by atoms with van der Waals surface area (Å²) in [7, 11) is 5.15. The van der Waals surface area contributed by atoms with E-state index in [2.05, 4.69) is 26.0 Å². The van der Waals surface area contributed by atoms with Crippen LogP contribution in [-0.4, -0.2) is 32.0 Å². The topological polar surface area (TPSA) is 51.9 Å². The Morgan fingerprint density at radius 3 is 2.48 bits per heavy atom. The number of furan rings is 1. The van der Waals surface area contributed by atoms with Gasteiger partial charge in [0.2, 0.25) is 5.91 Å². The van der Waals surface area contributed by atoms with Crippen molar-refractivity contribution >= 4 is 12.0 Å². The standard InChI is InChI=1S/C26H29NO4/c1-17-14-23(18(2)12-21(17)13-19(3)26(28)27(4)5)20-9-10-24(25(15-20)29-6)31-16-22-8-7-11-30-22/h7-15H,16H2,1-6H3. The molecule has 0 radical (unpaired) electrons. The fourth-order valence-electron chi connectivity index (χ4n) is 3.45. The summed E-state index contributed by atoms with van der Waals surface area (Å²) in [4.78, 5) is 13.8. The smallest absolute Gasteiger partial charge is 0.248 e. The van der Waals surface area contributed by atoms with Gasteiger partial charge >= 0.3 is 0 Å². The van der Waals surface area contributed by atoms with E-state index in [1.807, 2.05) is 43.3 Å². The maximum Gasteiger partial charge on any atom is 0.248 e. The molecule has 0 aliphatic rings. The molecule has 0 saturated heterocycles. The fourth-order valence-corrected chi connectivity index (χ4v) is 3.45. The third kappa shape index (κ3) is 5.18. The number of rotatable bonds is 7. The first kappa shape index (κ1) is 22.2. The SMILES string of the molecule is COc1cc(-c2cc(C)c(C=C(C)C(=O)N(C)C)cc2C)ccc1OCc1ccco1. The van der Waals surface area contributed by atoms with E-state index in [9.17, 15) is 4.79 Å². The molecule has 0 bridgehead atoms. The molecule has 5 heteroatoms. The predicted octanol–water partition coefficient (Wildman–Crippen LogP) is 5.64. The van der Waals surface area contributed by atoms with Gasteiger partial charge in [0.1, 0.15) is 12.4 Å². The van der Waals surface area contributed by atoms with Gasteiger partial charge in [0, 0.05) is 19.7 Å². The monoisotopic (exact) mass is 419 g/mol. The van der Waals surface area contributed by atoms with Gasteiger partial charge in [-0.2, -0.15) is 0 Å². The van der Waals surface area contributed by atoms with Gasteiger partial charge in [-0.15, -0.1) is 0 Å². The number of likely N-dealkylation sites (N-methyl/N-ethyl adjacent to an activating group) is 1. The molecule has 0 unspecified atom stereocenters. The summed E-state index contributed by atoms with van der Waals surface area (Å²) in [6, 6.07) is 13.9. The minimum absolute atomic E-state index is 0.0102. The van der Waals surface area contributed by atoms with Crippen molar-refractivity contribution in [2.75, 3.05) is 21.2 Å². The van der Waals surface area contributed by atoms with Crippen LogP contribution in [0.15, 0.2) is 58.7 Å². The Balaban J connectivity index is 1.89. The molecule has 162 valence electrons. The largest absolute Gasteiger partial charge is 0.493 e. The minimum atomic E-state index is 0.0102. The second-order valence-electron chi connectivity index (χ2n) is 7.78. The average molecular weight is 420 g/mol. The van der Waals surface area contributed by atoms with E-state index >= 15 is 0 Å². The van der Waals surface area contributed by atoms with Crippen LogP contribution in [0.4, 0.5) is 0 Å². The summed E-state index contributed by atoms with van der Waals surface area (Å²) in [6.45, 7) is 6.31. The Hall–Kier alpha value is -3.47. The van der Waals surface area contributed by atoms with Gasteiger partial charge in [-0.1, -0.05) is 18.2 Å². The van der Waals surface area contributed by atoms with E-state index in [1.54, 1.807) is 32.4 Å². The molecule has 0 aliphatic carbocycles. The molecular formula is C26H29NO4. The van der Waals surface area contributed by atoms with Gasteiger partial charge in [-0.3, -0.25) is 4.79 Å². The van der Waals surface area contributed by atoms with E-state index < -0.39 is 0 Å². The van der Waals surface area contributed by atoms with Crippen molar-refractivity contribution in [3.63, 3.8) is 0 Å². The molecular weight excluding hydrogens is 390 g/mol. The van der Waals surface area contributed by atoms with Crippen LogP contribution >= 0.6 is 0 Å². The number of aryl methyl sites for hydroxylation is 2. The van der Waals surface area contributed by atoms with Gasteiger partial charge in [-0.05, 0) is 78.9 Å². The number of amides is 1. The minimum Gasteiger partial charge on any atom is -0.493 e. The lowest BCUT2D eigenvalue weighted by Crippen LogP contribution is -2.22. The van der Waals surface area contributed by atoms with E-state index in [-0.39, 0.29) is 5.91 Å². The number of benzene rings is 2. The molecule has 0 saturated carbocycles. The molecule has 3 rings (SSSR count). The van der Waals surface area contributed by atoms with Crippen molar-refractivity contribution in [1.29, 1.82) is 0 Å². The van der Waals surface area contributed by atoms with Crippen molar-refractivity contribution in [1.82, 2.24) is 4.90 Å². The first-order valence-corrected chi connectivity index (χ1v) is 10.1. The molecule has 3 aromatic rings. The Labute approximate surface area is 183 Å². The van der Waals surface area contributed by atoms with Crippen LogP contribution in [0.25, 0.3) is 17.2 Å². The lowest BCUT2D eigenvalue weighted by molar-refractivity contribution is -0.124. The van der Waals surface area contributed by atoms with E-state index in [0.29, 0.717) is 23.7 Å². The third-order valence-electron chi connectivity index (χ3n) is 5.15. The first-order valence-electron chi connectivity index (χ1n) is 10.1. The number of hydrogen-bond donors (Lipinski definition) is 0. The zero-order valence-corrected chi connectivity index (χ0v) is 19.0. The van der Waals surface area contributed by atoms with Crippen LogP contribution in [0.5, 0.6) is 11.5 Å². The fraction of sp³-hybridized carbons (Fsp3) is 0.269. The Morgan fingerprint density at radius 2 is 1.84 bits per heavy atom. The van der Waals surface area contributed by atoms with Crippen molar-refractivity contribution in [2.24, 2.45) is 0 Å². The highest BCUT2D eigenvalue weighted by Crippen LogP contribution is 2.35. The quantitative estimate of drug-likeness (QED) is 0.465. The first-order chi connectivity index (χ1) is 14.8. The van der Waals surface area contributed by atoms with Crippen LogP contribution in [0.1, 0.15) is 29.4 Å². The molecule has 1 amide bonds. The molecule has 1 aromatic heterocycles. The molecule has 0 spiro atoms. The zero-order valence-electron chi connectivity index (χ0n) is 19.0. The van der Waals surface area contributed by atoms with Gasteiger partial charge < -0.3 is 18.8 Å². The van der Waals surface area contributed by atoms with Crippen molar-refractivity contribution in [3.05, 3.63) is 76.8 Å². The molecule has 31 heavy (non-hydrogen) atoms. The van der Waals surface area contributed by atoms with E-state index in [0.717, 1.165) is 33.6 Å². The second kappa shape index (κ2) is 9.56. The molecule has 0 N–H and O–H groups in total. The van der Waals surface area contributed by atoms with Gasteiger partial charge in [-0.25, -0.2) is 0 Å². The number of hydrogen-bond acceptors (Lipinski definition) is 4. The van der Waals surface area contributed by atoms with E-state index in [1.165, 1.54) is 0 Å². The van der Waals surface area contributed by atoms with Crippen molar-refractivity contribution in [3.8, 4) is 22.6 Å². The normalized spacial score (nSPS) is 11.4. The lowest BCUT2D eigenvalue weighted by atomic mass is 9.94. The number of carbonyl (C=O) groups excluding carboxylic acids is 1. The third-order valence-corrected chi connectivity index (χ3v) is 5.15. The van der Waals surface area contributed by atoms with Gasteiger partial charge in [0.05, 0.1) is 13.4 Å². The molecule has 2 aromatic carbocycles. The highest BCUT2D eigenvalue weighted by molar-refractivity contribution is 5.97. The second-order valence-corrected chi connectivity index (χ2v) is 7.78. The maximum absolute atomic E-state index is 12.2. The van der Waals surface area contributed by atoms with E-state index in [4.69, 9.17) is 13.9 Å². The van der Waals surface area contributed by atoms with Crippen LogP contribution in [-0.2, 0) is 11.4 Å². The van der Waals surface area contributed by atoms with Gasteiger partial charge in [0.25, 0.3) is 0 Å². The zero-order chi connectivity index (χ0) is 22.5. The summed E-state index contributed by atoms with van der Waals surface area (Å²) in [5.41, 5.74) is 6.12. The highest BCUT2D eigenvalue weighted by Gasteiger charge is 2.12.